The molecule has 0 saturated carbocycles. The molecule has 0 saturated heterocycles. The predicted molar refractivity (Wildman–Crippen MR) is 121 cm³/mol. The Hall–Kier alpha value is -2.94. The van der Waals surface area contributed by atoms with Crippen molar-refractivity contribution in [1.29, 1.82) is 0 Å². The van der Waals surface area contributed by atoms with Crippen LogP contribution in [-0.2, 0) is 19.6 Å². The van der Waals surface area contributed by atoms with Gasteiger partial charge in [0.2, 0.25) is 0 Å². The van der Waals surface area contributed by atoms with Gasteiger partial charge in [0.15, 0.2) is 0 Å². The number of hydrogen-bond acceptors (Lipinski definition) is 2. The van der Waals surface area contributed by atoms with E-state index in [2.05, 4.69) is 88.7 Å². The second-order valence-electron chi connectivity index (χ2n) is 7.16. The van der Waals surface area contributed by atoms with Crippen LogP contribution in [0.25, 0.3) is 11.1 Å². The molecule has 0 atom stereocenters. The second kappa shape index (κ2) is 9.51. The van der Waals surface area contributed by atoms with Gasteiger partial charge in [-0.15, -0.1) is 0 Å². The van der Waals surface area contributed by atoms with Crippen LogP contribution in [0.15, 0.2) is 103 Å². The minimum absolute atomic E-state index is 0.566. The van der Waals surface area contributed by atoms with Crippen molar-refractivity contribution in [2.24, 2.45) is 0 Å². The molecule has 0 unspecified atom stereocenters. The minimum Gasteiger partial charge on any atom is -0.290 e. The van der Waals surface area contributed by atoms with E-state index in [0.717, 1.165) is 36.3 Å². The predicted octanol–water partition coefficient (Wildman–Crippen LogP) is 6.60. The number of aromatic nitrogens is 1. The van der Waals surface area contributed by atoms with Gasteiger partial charge in [-0.1, -0.05) is 103 Å². The Labute approximate surface area is 177 Å². The lowest BCUT2D eigenvalue weighted by molar-refractivity contribution is 0.247. The lowest BCUT2D eigenvalue weighted by atomic mass is 10.1. The highest BCUT2D eigenvalue weighted by molar-refractivity contribution is 6.30. The van der Waals surface area contributed by atoms with Gasteiger partial charge in [0.25, 0.3) is 0 Å². The molecule has 0 bridgehead atoms. The van der Waals surface area contributed by atoms with E-state index in [0.29, 0.717) is 5.15 Å². The maximum atomic E-state index is 6.50. The molecule has 0 aliphatic carbocycles. The first-order chi connectivity index (χ1) is 14.3. The van der Waals surface area contributed by atoms with Gasteiger partial charge in [-0.25, -0.2) is 4.98 Å². The van der Waals surface area contributed by atoms with Crippen molar-refractivity contribution in [2.45, 2.75) is 19.6 Å². The zero-order chi connectivity index (χ0) is 19.9. The normalized spacial score (nSPS) is 11.0. The Kier molecular flexibility index (Phi) is 6.35. The van der Waals surface area contributed by atoms with Crippen molar-refractivity contribution in [1.82, 2.24) is 9.88 Å². The quantitative estimate of drug-likeness (QED) is 0.326. The van der Waals surface area contributed by atoms with Gasteiger partial charge in [-0.2, -0.15) is 0 Å². The molecule has 1 heterocycles. The third-order valence-electron chi connectivity index (χ3n) is 4.91. The van der Waals surface area contributed by atoms with Gasteiger partial charge in [0.1, 0.15) is 5.15 Å². The molecule has 1 aromatic heterocycles. The standard InChI is InChI=1S/C26H23ClN2/c27-26-25(16-24(17-28-26)23-14-8-3-9-15-23)20-29(18-21-10-4-1-5-11-21)19-22-12-6-2-7-13-22/h1-17H,18-20H2. The van der Waals surface area contributed by atoms with E-state index in [9.17, 15) is 0 Å². The molecule has 4 aromatic rings. The lowest BCUT2D eigenvalue weighted by Crippen LogP contribution is -2.22. The molecule has 4 rings (SSSR count). The molecule has 0 fully saturated rings. The van der Waals surface area contributed by atoms with E-state index in [4.69, 9.17) is 11.6 Å². The fourth-order valence-electron chi connectivity index (χ4n) is 3.48. The highest BCUT2D eigenvalue weighted by atomic mass is 35.5. The molecule has 144 valence electrons. The van der Waals surface area contributed by atoms with Gasteiger partial charge in [0.05, 0.1) is 0 Å². The second-order valence-corrected chi connectivity index (χ2v) is 7.51. The van der Waals surface area contributed by atoms with E-state index in [-0.39, 0.29) is 0 Å². The summed E-state index contributed by atoms with van der Waals surface area (Å²) in [6, 6.07) is 33.6. The zero-order valence-corrected chi connectivity index (χ0v) is 17.0. The van der Waals surface area contributed by atoms with Crippen molar-refractivity contribution < 1.29 is 0 Å². The van der Waals surface area contributed by atoms with E-state index < -0.39 is 0 Å². The minimum atomic E-state index is 0.566. The van der Waals surface area contributed by atoms with Gasteiger partial charge in [-0.05, 0) is 22.8 Å². The summed E-state index contributed by atoms with van der Waals surface area (Å²) in [5, 5.41) is 0.566. The van der Waals surface area contributed by atoms with E-state index >= 15 is 0 Å². The summed E-state index contributed by atoms with van der Waals surface area (Å²) < 4.78 is 0. The Morgan fingerprint density at radius 3 is 1.69 bits per heavy atom. The van der Waals surface area contributed by atoms with Crippen molar-refractivity contribution in [3.63, 3.8) is 0 Å². The van der Waals surface area contributed by atoms with Gasteiger partial charge in [0, 0.05) is 37.0 Å². The van der Waals surface area contributed by atoms with Gasteiger partial charge >= 0.3 is 0 Å². The summed E-state index contributed by atoms with van der Waals surface area (Å²) in [4.78, 5) is 6.87. The fourth-order valence-corrected chi connectivity index (χ4v) is 3.65. The van der Waals surface area contributed by atoms with E-state index in [1.165, 1.54) is 11.1 Å². The van der Waals surface area contributed by atoms with Crippen molar-refractivity contribution >= 4 is 11.6 Å². The topological polar surface area (TPSA) is 16.1 Å². The summed E-state index contributed by atoms with van der Waals surface area (Å²) in [5.41, 5.74) is 5.85. The molecule has 2 nitrogen and oxygen atoms in total. The zero-order valence-electron chi connectivity index (χ0n) is 16.2. The molecule has 0 spiro atoms. The Balaban J connectivity index is 1.61. The van der Waals surface area contributed by atoms with E-state index in [1.807, 2.05) is 24.4 Å². The number of halogens is 1. The van der Waals surface area contributed by atoms with Crippen LogP contribution in [-0.4, -0.2) is 9.88 Å². The largest absolute Gasteiger partial charge is 0.290 e. The molecule has 0 N–H and O–H groups in total. The van der Waals surface area contributed by atoms with E-state index in [1.54, 1.807) is 0 Å². The summed E-state index contributed by atoms with van der Waals surface area (Å²) >= 11 is 6.50. The average Bonchev–Trinajstić information content (AvgIpc) is 2.77. The first-order valence-electron chi connectivity index (χ1n) is 9.78. The molecule has 0 aliphatic heterocycles. The van der Waals surface area contributed by atoms with Crippen LogP contribution in [0.2, 0.25) is 5.15 Å². The lowest BCUT2D eigenvalue weighted by Gasteiger charge is -2.23. The molecule has 0 radical (unpaired) electrons. The van der Waals surface area contributed by atoms with Crippen LogP contribution in [0, 0.1) is 0 Å². The highest BCUT2D eigenvalue weighted by Crippen LogP contribution is 2.25. The summed E-state index contributed by atoms with van der Waals surface area (Å²) in [7, 11) is 0. The number of pyridine rings is 1. The van der Waals surface area contributed by atoms with Crippen LogP contribution in [0.5, 0.6) is 0 Å². The first-order valence-corrected chi connectivity index (χ1v) is 10.2. The fraction of sp³-hybridized carbons (Fsp3) is 0.115. The third-order valence-corrected chi connectivity index (χ3v) is 5.25. The smallest absolute Gasteiger partial charge is 0.133 e. The van der Waals surface area contributed by atoms with Crippen LogP contribution < -0.4 is 0 Å². The highest BCUT2D eigenvalue weighted by Gasteiger charge is 2.12. The number of benzene rings is 3. The van der Waals surface area contributed by atoms with Crippen molar-refractivity contribution in [3.8, 4) is 11.1 Å². The van der Waals surface area contributed by atoms with Crippen LogP contribution in [0.3, 0.4) is 0 Å². The number of nitrogens with zero attached hydrogens (tertiary/aromatic N) is 2. The molecular formula is C26H23ClN2. The molecule has 3 heteroatoms. The monoisotopic (exact) mass is 398 g/mol. The summed E-state index contributed by atoms with van der Waals surface area (Å²) in [5.74, 6) is 0. The molecular weight excluding hydrogens is 376 g/mol. The van der Waals surface area contributed by atoms with Crippen LogP contribution >= 0.6 is 11.6 Å². The Morgan fingerprint density at radius 2 is 1.14 bits per heavy atom. The van der Waals surface area contributed by atoms with Crippen molar-refractivity contribution in [3.05, 3.63) is 125 Å². The summed E-state index contributed by atoms with van der Waals surface area (Å²) in [6.45, 7) is 2.43. The Bertz CT molecular complexity index is 993. The van der Waals surface area contributed by atoms with Gasteiger partial charge in [-0.3, -0.25) is 4.90 Å². The first kappa shape index (κ1) is 19.4. The average molecular weight is 399 g/mol. The SMILES string of the molecule is Clc1ncc(-c2ccccc2)cc1CN(Cc1ccccc1)Cc1ccccc1. The molecule has 0 amide bonds. The number of rotatable bonds is 7. The van der Waals surface area contributed by atoms with Gasteiger partial charge < -0.3 is 0 Å². The molecule has 0 aliphatic rings. The third kappa shape index (κ3) is 5.32. The maximum absolute atomic E-state index is 6.50. The molecule has 3 aromatic carbocycles. The van der Waals surface area contributed by atoms with Crippen molar-refractivity contribution in [2.75, 3.05) is 0 Å². The van der Waals surface area contributed by atoms with Crippen LogP contribution in [0.4, 0.5) is 0 Å². The van der Waals surface area contributed by atoms with Crippen LogP contribution in [0.1, 0.15) is 16.7 Å². The maximum Gasteiger partial charge on any atom is 0.133 e. The summed E-state index contributed by atoms with van der Waals surface area (Å²) in [6.07, 6.45) is 1.85. The Morgan fingerprint density at radius 1 is 0.621 bits per heavy atom. The number of hydrogen-bond donors (Lipinski definition) is 0. The molecule has 29 heavy (non-hydrogen) atoms.